The van der Waals surface area contributed by atoms with Crippen LogP contribution in [0.3, 0.4) is 0 Å². The molecule has 0 atom stereocenters. The van der Waals surface area contributed by atoms with Crippen LogP contribution in [0.25, 0.3) is 16.9 Å². The Bertz CT molecular complexity index is 1060. The van der Waals surface area contributed by atoms with Crippen molar-refractivity contribution < 1.29 is 13.2 Å². The largest absolute Gasteiger partial charge is 0.417 e. The molecular weight excluding hydrogens is 367 g/mol. The van der Waals surface area contributed by atoms with E-state index in [0.717, 1.165) is 16.2 Å². The van der Waals surface area contributed by atoms with E-state index in [9.17, 15) is 18.0 Å². The fraction of sp³-hybridized carbons (Fsp3) is 0.333. The van der Waals surface area contributed by atoms with Crippen molar-refractivity contribution in [2.75, 3.05) is 0 Å². The molecule has 0 N–H and O–H groups in total. The zero-order valence-electron chi connectivity index (χ0n) is 14.6. The molecule has 3 rings (SSSR count). The number of benzene rings is 1. The minimum atomic E-state index is -4.62. The average molecular weight is 384 g/mol. The number of halogens is 4. The highest BCUT2D eigenvalue weighted by Gasteiger charge is 2.35. The molecule has 3 aromatic rings. The molecule has 0 saturated carbocycles. The number of hydrogen-bond donors (Lipinski definition) is 0. The number of alkyl halides is 3. The van der Waals surface area contributed by atoms with E-state index in [4.69, 9.17) is 11.6 Å². The molecule has 138 valence electrons. The molecule has 2 heterocycles. The smallest absolute Gasteiger partial charge is 0.293 e. The first-order chi connectivity index (χ1) is 12.0. The van der Waals surface area contributed by atoms with E-state index in [-0.39, 0.29) is 22.3 Å². The van der Waals surface area contributed by atoms with E-state index in [2.05, 4.69) is 5.10 Å². The maximum absolute atomic E-state index is 13.5. The minimum absolute atomic E-state index is 0.0357. The summed E-state index contributed by atoms with van der Waals surface area (Å²) in [4.78, 5) is 12.9. The second-order valence-corrected chi connectivity index (χ2v) is 6.97. The van der Waals surface area contributed by atoms with Crippen molar-refractivity contribution in [3.63, 3.8) is 0 Å². The minimum Gasteiger partial charge on any atom is -0.293 e. The number of fused-ring (bicyclic) bond motifs is 1. The van der Waals surface area contributed by atoms with Gasteiger partial charge in [0.2, 0.25) is 0 Å². The molecule has 0 unspecified atom stereocenters. The van der Waals surface area contributed by atoms with Gasteiger partial charge in [-0.15, -0.1) is 5.10 Å². The van der Waals surface area contributed by atoms with Crippen molar-refractivity contribution >= 4 is 17.1 Å². The third-order valence-electron chi connectivity index (χ3n) is 4.35. The van der Waals surface area contributed by atoms with Crippen LogP contribution in [-0.4, -0.2) is 14.2 Å². The van der Waals surface area contributed by atoms with Crippen molar-refractivity contribution in [3.8, 4) is 11.4 Å². The Morgan fingerprint density at radius 3 is 2.42 bits per heavy atom. The van der Waals surface area contributed by atoms with Crippen molar-refractivity contribution in [1.29, 1.82) is 0 Å². The maximum atomic E-state index is 13.5. The Morgan fingerprint density at radius 1 is 1.19 bits per heavy atom. The van der Waals surface area contributed by atoms with Gasteiger partial charge in [-0.3, -0.25) is 9.36 Å². The lowest BCUT2D eigenvalue weighted by molar-refractivity contribution is -0.137. The number of nitrogens with zero attached hydrogens (tertiary/aromatic N) is 3. The quantitative estimate of drug-likeness (QED) is 0.637. The Hall–Kier alpha value is -2.28. The molecule has 8 heteroatoms. The van der Waals surface area contributed by atoms with E-state index >= 15 is 0 Å². The number of aryl methyl sites for hydroxylation is 1. The highest BCUT2D eigenvalue weighted by molar-refractivity contribution is 6.30. The summed E-state index contributed by atoms with van der Waals surface area (Å²) in [5, 5.41) is 4.31. The van der Waals surface area contributed by atoms with Gasteiger partial charge in [-0.2, -0.15) is 13.2 Å². The van der Waals surface area contributed by atoms with Gasteiger partial charge in [0, 0.05) is 23.3 Å². The van der Waals surface area contributed by atoms with Crippen LogP contribution in [0.5, 0.6) is 0 Å². The summed E-state index contributed by atoms with van der Waals surface area (Å²) >= 11 is 5.75. The van der Waals surface area contributed by atoms with Gasteiger partial charge < -0.3 is 0 Å². The van der Waals surface area contributed by atoms with E-state index in [1.165, 1.54) is 23.7 Å². The molecule has 0 aliphatic carbocycles. The molecule has 0 bridgehead atoms. The van der Waals surface area contributed by atoms with Gasteiger partial charge in [0.15, 0.2) is 5.82 Å². The summed E-state index contributed by atoms with van der Waals surface area (Å²) in [6, 6.07) is 5.27. The fourth-order valence-corrected chi connectivity index (χ4v) is 3.21. The van der Waals surface area contributed by atoms with Gasteiger partial charge in [0.05, 0.1) is 5.56 Å². The topological polar surface area (TPSA) is 39.3 Å². The van der Waals surface area contributed by atoms with Gasteiger partial charge >= 0.3 is 6.18 Å². The van der Waals surface area contributed by atoms with E-state index in [1.807, 2.05) is 19.9 Å². The van der Waals surface area contributed by atoms with Crippen LogP contribution < -0.4 is 5.56 Å². The molecule has 2 aromatic heterocycles. The highest BCUT2D eigenvalue weighted by Crippen LogP contribution is 2.37. The van der Waals surface area contributed by atoms with Crippen LogP contribution in [0.4, 0.5) is 13.2 Å². The standard InChI is InChI=1S/C18H17ClF3N3O/c1-9(2)13-7-10(3)25-15(13)17(26)24(4)16(23-25)12-6-5-11(19)8-14(12)18(20,21)22/h5-9H,1-4H3. The van der Waals surface area contributed by atoms with Crippen molar-refractivity contribution in [3.05, 3.63) is 56.5 Å². The molecule has 26 heavy (non-hydrogen) atoms. The lowest BCUT2D eigenvalue weighted by atomic mass is 10.0. The van der Waals surface area contributed by atoms with Gasteiger partial charge in [-0.1, -0.05) is 25.4 Å². The summed E-state index contributed by atoms with van der Waals surface area (Å²) in [5.74, 6) is 0.0146. The first-order valence-electron chi connectivity index (χ1n) is 7.98. The predicted octanol–water partition coefficient (Wildman–Crippen LogP) is 4.80. The van der Waals surface area contributed by atoms with Crippen LogP contribution in [0.1, 0.15) is 36.6 Å². The molecule has 0 aliphatic rings. The third kappa shape index (κ3) is 2.90. The molecule has 0 fully saturated rings. The SMILES string of the molecule is Cc1cc(C(C)C)c2c(=O)n(C)c(-c3ccc(Cl)cc3C(F)(F)F)nn12. The van der Waals surface area contributed by atoms with Crippen LogP contribution in [-0.2, 0) is 13.2 Å². The molecule has 0 radical (unpaired) electrons. The molecule has 0 amide bonds. The summed E-state index contributed by atoms with van der Waals surface area (Å²) in [5.41, 5.74) is 0.365. The van der Waals surface area contributed by atoms with Crippen LogP contribution >= 0.6 is 11.6 Å². The lowest BCUT2D eigenvalue weighted by Gasteiger charge is -2.16. The van der Waals surface area contributed by atoms with Gasteiger partial charge in [0.1, 0.15) is 5.52 Å². The van der Waals surface area contributed by atoms with E-state index < -0.39 is 17.3 Å². The maximum Gasteiger partial charge on any atom is 0.417 e. The van der Waals surface area contributed by atoms with Gasteiger partial charge in [-0.05, 0) is 42.7 Å². The van der Waals surface area contributed by atoms with Crippen molar-refractivity contribution in [1.82, 2.24) is 14.2 Å². The second-order valence-electron chi connectivity index (χ2n) is 6.53. The van der Waals surface area contributed by atoms with Gasteiger partial charge in [-0.25, -0.2) is 4.52 Å². The Balaban J connectivity index is 2.41. The van der Waals surface area contributed by atoms with Crippen molar-refractivity contribution in [2.24, 2.45) is 7.05 Å². The van der Waals surface area contributed by atoms with E-state index in [0.29, 0.717) is 11.2 Å². The zero-order valence-corrected chi connectivity index (χ0v) is 15.4. The summed E-state index contributed by atoms with van der Waals surface area (Å²) in [7, 11) is 1.42. The summed E-state index contributed by atoms with van der Waals surface area (Å²) in [6.45, 7) is 5.66. The molecular formula is C18H17ClF3N3O. The molecule has 0 spiro atoms. The first-order valence-corrected chi connectivity index (χ1v) is 8.36. The molecule has 0 saturated heterocycles. The number of aromatic nitrogens is 3. The van der Waals surface area contributed by atoms with Gasteiger partial charge in [0.25, 0.3) is 5.56 Å². The van der Waals surface area contributed by atoms with Crippen LogP contribution in [0, 0.1) is 6.92 Å². The normalized spacial score (nSPS) is 12.3. The Morgan fingerprint density at radius 2 is 1.85 bits per heavy atom. The fourth-order valence-electron chi connectivity index (χ4n) is 3.03. The Kier molecular flexibility index (Phi) is 4.38. The highest BCUT2D eigenvalue weighted by atomic mass is 35.5. The lowest BCUT2D eigenvalue weighted by Crippen LogP contribution is -2.25. The summed E-state index contributed by atoms with van der Waals surface area (Å²) in [6.07, 6.45) is -4.62. The Labute approximate surface area is 152 Å². The van der Waals surface area contributed by atoms with Crippen LogP contribution in [0.15, 0.2) is 29.1 Å². The second kappa shape index (κ2) is 6.16. The van der Waals surface area contributed by atoms with E-state index in [1.54, 1.807) is 6.92 Å². The first kappa shape index (κ1) is 18.5. The zero-order chi connectivity index (χ0) is 19.4. The molecule has 4 nitrogen and oxygen atoms in total. The molecule has 1 aromatic carbocycles. The average Bonchev–Trinajstić information content (AvgIpc) is 2.87. The predicted molar refractivity (Wildman–Crippen MR) is 94.7 cm³/mol. The number of rotatable bonds is 2. The monoisotopic (exact) mass is 383 g/mol. The van der Waals surface area contributed by atoms with Crippen LogP contribution in [0.2, 0.25) is 5.02 Å². The molecule has 0 aliphatic heterocycles. The van der Waals surface area contributed by atoms with Crippen molar-refractivity contribution in [2.45, 2.75) is 32.9 Å². The summed E-state index contributed by atoms with van der Waals surface area (Å²) < 4.78 is 43.0. The third-order valence-corrected chi connectivity index (χ3v) is 4.59. The number of hydrogen-bond acceptors (Lipinski definition) is 2.